The van der Waals surface area contributed by atoms with E-state index in [0.29, 0.717) is 36.6 Å². The van der Waals surface area contributed by atoms with E-state index in [4.69, 9.17) is 15.2 Å². The van der Waals surface area contributed by atoms with Crippen LogP contribution in [0.4, 0.5) is 0 Å². The van der Waals surface area contributed by atoms with Crippen molar-refractivity contribution in [2.75, 3.05) is 20.8 Å². The lowest BCUT2D eigenvalue weighted by Crippen LogP contribution is -2.41. The van der Waals surface area contributed by atoms with Crippen LogP contribution >= 0.6 is 0 Å². The van der Waals surface area contributed by atoms with Gasteiger partial charge in [-0.2, -0.15) is 5.11 Å². The molecule has 0 saturated carbocycles. The van der Waals surface area contributed by atoms with Gasteiger partial charge in [0.2, 0.25) is 11.8 Å². The van der Waals surface area contributed by atoms with Crippen LogP contribution in [0.3, 0.4) is 0 Å². The molecule has 0 spiro atoms. The Hall–Kier alpha value is -4.28. The van der Waals surface area contributed by atoms with Gasteiger partial charge >= 0.3 is 0 Å². The van der Waals surface area contributed by atoms with Crippen LogP contribution in [0.2, 0.25) is 0 Å². The molecule has 4 N–H and O–H groups in total. The smallest absolute Gasteiger partial charge is 0.245 e. The second-order valence-corrected chi connectivity index (χ2v) is 8.93. The van der Waals surface area contributed by atoms with E-state index in [0.717, 1.165) is 16.8 Å². The van der Waals surface area contributed by atoms with Crippen LogP contribution < -0.4 is 25.8 Å². The van der Waals surface area contributed by atoms with Crippen molar-refractivity contribution < 1.29 is 19.1 Å². The monoisotopic (exact) mass is 507 g/mol. The number of carbonyl (C=O) groups is 2. The Morgan fingerprint density at radius 2 is 1.86 bits per heavy atom. The zero-order chi connectivity index (χ0) is 26.8. The zero-order valence-corrected chi connectivity index (χ0v) is 21.5. The van der Waals surface area contributed by atoms with Crippen molar-refractivity contribution in [3.05, 3.63) is 59.2 Å². The molecule has 1 atom stereocenters. The number of amides is 2. The van der Waals surface area contributed by atoms with Crippen LogP contribution in [-0.2, 0) is 22.6 Å². The molecule has 11 heteroatoms. The van der Waals surface area contributed by atoms with E-state index in [-0.39, 0.29) is 30.1 Å². The number of hydrogen-bond donors (Lipinski definition) is 3. The molecule has 37 heavy (non-hydrogen) atoms. The van der Waals surface area contributed by atoms with Gasteiger partial charge in [-0.3, -0.25) is 14.9 Å². The zero-order valence-electron chi connectivity index (χ0n) is 21.5. The summed E-state index contributed by atoms with van der Waals surface area (Å²) in [6.07, 6.45) is 0.526. The van der Waals surface area contributed by atoms with E-state index in [9.17, 15) is 9.59 Å². The lowest BCUT2D eigenvalue weighted by Gasteiger charge is -2.16. The molecular formula is C26H33N7O4. The summed E-state index contributed by atoms with van der Waals surface area (Å²) in [5.74, 6) is 0.530. The van der Waals surface area contributed by atoms with E-state index in [2.05, 4.69) is 31.1 Å². The molecule has 2 aromatic carbocycles. The summed E-state index contributed by atoms with van der Waals surface area (Å²) in [5, 5.41) is 17.0. The molecule has 0 unspecified atom stereocenters. The summed E-state index contributed by atoms with van der Waals surface area (Å²) in [6.45, 7) is 4.73. The number of methoxy groups -OCH3 is 2. The van der Waals surface area contributed by atoms with Crippen molar-refractivity contribution in [2.45, 2.75) is 39.3 Å². The molecule has 1 aliphatic heterocycles. The summed E-state index contributed by atoms with van der Waals surface area (Å²) in [4.78, 5) is 29.8. The van der Waals surface area contributed by atoms with Gasteiger partial charge in [-0.25, -0.2) is 4.99 Å². The van der Waals surface area contributed by atoms with Gasteiger partial charge in [0, 0.05) is 12.1 Å². The average Bonchev–Trinajstić information content (AvgIpc) is 3.42. The molecular weight excluding hydrogens is 474 g/mol. The van der Waals surface area contributed by atoms with Gasteiger partial charge < -0.3 is 20.5 Å². The van der Waals surface area contributed by atoms with E-state index in [1.165, 1.54) is 7.11 Å². The average molecular weight is 508 g/mol. The lowest BCUT2D eigenvalue weighted by atomic mass is 10.0. The third kappa shape index (κ3) is 8.13. The third-order valence-corrected chi connectivity index (χ3v) is 5.55. The molecule has 2 amide bonds. The maximum absolute atomic E-state index is 13.0. The first-order valence-electron chi connectivity index (χ1n) is 11.9. The van der Waals surface area contributed by atoms with E-state index >= 15 is 0 Å². The van der Waals surface area contributed by atoms with Crippen LogP contribution in [0.15, 0.2) is 62.9 Å². The summed E-state index contributed by atoms with van der Waals surface area (Å²) >= 11 is 0. The number of nitrogens with one attached hydrogen (secondary N) is 2. The van der Waals surface area contributed by atoms with Crippen molar-refractivity contribution in [1.29, 1.82) is 0 Å². The summed E-state index contributed by atoms with van der Waals surface area (Å²) in [7, 11) is 3.07. The van der Waals surface area contributed by atoms with Gasteiger partial charge in [0.15, 0.2) is 17.5 Å². The van der Waals surface area contributed by atoms with Crippen LogP contribution in [0, 0.1) is 5.92 Å². The number of aliphatic imine (C=N–C) groups is 1. The first kappa shape index (κ1) is 27.3. The highest BCUT2D eigenvalue weighted by atomic mass is 16.5. The molecule has 0 saturated heterocycles. The number of benzene rings is 2. The number of hydrogen-bond acceptors (Lipinski definition) is 8. The second kappa shape index (κ2) is 13.1. The van der Waals surface area contributed by atoms with Crippen LogP contribution in [0.1, 0.15) is 37.0 Å². The largest absolute Gasteiger partial charge is 0.493 e. The Morgan fingerprint density at radius 3 is 2.54 bits per heavy atom. The number of nitrogens with zero attached hydrogens (tertiary/aromatic N) is 4. The van der Waals surface area contributed by atoms with Crippen molar-refractivity contribution in [3.8, 4) is 11.5 Å². The predicted molar refractivity (Wildman–Crippen MR) is 141 cm³/mol. The van der Waals surface area contributed by atoms with Gasteiger partial charge in [0.1, 0.15) is 12.6 Å². The lowest BCUT2D eigenvalue weighted by molar-refractivity contribution is -0.123. The Bertz CT molecular complexity index is 1210. The van der Waals surface area contributed by atoms with Gasteiger partial charge in [0.05, 0.1) is 26.4 Å². The molecule has 0 bridgehead atoms. The number of guanidine groups is 1. The molecule has 11 nitrogen and oxygen atoms in total. The molecule has 0 aliphatic carbocycles. The quantitative estimate of drug-likeness (QED) is 0.315. The van der Waals surface area contributed by atoms with E-state index < -0.39 is 6.04 Å². The first-order chi connectivity index (χ1) is 17.8. The maximum Gasteiger partial charge on any atom is 0.245 e. The summed E-state index contributed by atoms with van der Waals surface area (Å²) < 4.78 is 10.5. The summed E-state index contributed by atoms with van der Waals surface area (Å²) in [5.41, 5.74) is 9.32. The second-order valence-electron chi connectivity index (χ2n) is 8.93. The van der Waals surface area contributed by atoms with Crippen molar-refractivity contribution >= 4 is 23.5 Å². The molecule has 0 fully saturated rings. The first-order valence-corrected chi connectivity index (χ1v) is 11.9. The van der Waals surface area contributed by atoms with Crippen molar-refractivity contribution in [1.82, 2.24) is 10.6 Å². The highest BCUT2D eigenvalue weighted by Crippen LogP contribution is 2.27. The van der Waals surface area contributed by atoms with Crippen molar-refractivity contribution in [2.24, 2.45) is 32.1 Å². The van der Waals surface area contributed by atoms with E-state index in [1.54, 1.807) is 25.3 Å². The maximum atomic E-state index is 13.0. The summed E-state index contributed by atoms with van der Waals surface area (Å²) in [6, 6.07) is 12.1. The fourth-order valence-corrected chi connectivity index (χ4v) is 3.76. The van der Waals surface area contributed by atoms with Crippen LogP contribution in [-0.4, -0.2) is 50.3 Å². The number of rotatable bonds is 11. The minimum Gasteiger partial charge on any atom is -0.493 e. The van der Waals surface area contributed by atoms with Crippen molar-refractivity contribution in [3.63, 3.8) is 0 Å². The Balaban J connectivity index is 1.61. The molecule has 1 aliphatic rings. The van der Waals surface area contributed by atoms with Gasteiger partial charge in [-0.1, -0.05) is 38.1 Å². The number of nitrogens with two attached hydrogens (primary N) is 1. The molecule has 0 aromatic heterocycles. The SMILES string of the molecule is COc1ccc(CC(=O)NC(N)=N[C@H](CC(C)C)C(=O)NCc2cccc(C3=NN=NC3)c2)cc1OC. The van der Waals surface area contributed by atoms with Gasteiger partial charge in [0.25, 0.3) is 0 Å². The Labute approximate surface area is 216 Å². The Morgan fingerprint density at radius 1 is 1.08 bits per heavy atom. The fourth-order valence-electron chi connectivity index (χ4n) is 3.76. The fraction of sp³-hybridized carbons (Fsp3) is 0.385. The molecule has 1 heterocycles. The minimum atomic E-state index is -0.749. The molecule has 2 aromatic rings. The van der Waals surface area contributed by atoms with Gasteiger partial charge in [-0.15, -0.1) is 5.10 Å². The standard InChI is InChI=1S/C26H33N7O4/c1-16(2)10-20(25(35)28-14-18-6-5-7-19(11-18)21-15-29-33-32-21)30-26(27)31-24(34)13-17-8-9-22(36-3)23(12-17)37-4/h5-9,11-12,16,20H,10,13-15H2,1-4H3,(H,28,35)(H3,27,30,31,34)/t20-/m1/s1. The van der Waals surface area contributed by atoms with Crippen LogP contribution in [0.5, 0.6) is 11.5 Å². The highest BCUT2D eigenvalue weighted by molar-refractivity contribution is 6.02. The van der Waals surface area contributed by atoms with Crippen LogP contribution in [0.25, 0.3) is 0 Å². The normalized spacial score (nSPS) is 13.8. The molecule has 3 rings (SSSR count). The number of carbonyl (C=O) groups excluding carboxylic acids is 2. The predicted octanol–water partition coefficient (Wildman–Crippen LogP) is 2.58. The third-order valence-electron chi connectivity index (χ3n) is 5.55. The topological polar surface area (TPSA) is 152 Å². The molecule has 0 radical (unpaired) electrons. The van der Waals surface area contributed by atoms with Gasteiger partial charge in [-0.05, 0) is 46.9 Å². The highest BCUT2D eigenvalue weighted by Gasteiger charge is 2.20. The molecule has 196 valence electrons. The minimum absolute atomic E-state index is 0.0554. The van der Waals surface area contributed by atoms with E-state index in [1.807, 2.05) is 38.1 Å². The Kier molecular flexibility index (Phi) is 9.70. The number of ether oxygens (including phenoxy) is 2.